The number of halogens is 1. The molecule has 0 aromatic heterocycles. The first-order chi connectivity index (χ1) is 12.1. The topological polar surface area (TPSA) is 102 Å². The minimum absolute atomic E-state index is 0.177. The van der Waals surface area contributed by atoms with E-state index in [-0.39, 0.29) is 31.2 Å². The van der Waals surface area contributed by atoms with E-state index in [2.05, 4.69) is 10.1 Å². The SMILES string of the molecule is COC(=O)C(C)(C)NC(=O)c1cc(S(=O)(=O)N2CCOCC2)ccc1F. The molecule has 1 heterocycles. The Morgan fingerprint density at radius 2 is 1.88 bits per heavy atom. The van der Waals surface area contributed by atoms with Crippen molar-refractivity contribution in [2.24, 2.45) is 0 Å². The molecule has 1 aliphatic rings. The van der Waals surface area contributed by atoms with E-state index in [1.165, 1.54) is 18.2 Å². The quantitative estimate of drug-likeness (QED) is 0.739. The molecule has 0 saturated carbocycles. The van der Waals surface area contributed by atoms with Crippen LogP contribution in [0.2, 0.25) is 0 Å². The van der Waals surface area contributed by atoms with Crippen LogP contribution in [0.1, 0.15) is 24.2 Å². The van der Waals surface area contributed by atoms with Crippen LogP contribution in [0.3, 0.4) is 0 Å². The molecule has 8 nitrogen and oxygen atoms in total. The fourth-order valence-electron chi connectivity index (χ4n) is 2.43. The normalized spacial score (nSPS) is 16.2. The maximum absolute atomic E-state index is 14.1. The number of morpholine rings is 1. The van der Waals surface area contributed by atoms with E-state index >= 15 is 0 Å². The first-order valence-electron chi connectivity index (χ1n) is 7.88. The molecule has 1 fully saturated rings. The lowest BCUT2D eigenvalue weighted by atomic mass is 10.0. The molecule has 2 rings (SSSR count). The molecule has 0 bridgehead atoms. The van der Waals surface area contributed by atoms with Gasteiger partial charge >= 0.3 is 5.97 Å². The van der Waals surface area contributed by atoms with E-state index in [0.29, 0.717) is 0 Å². The molecule has 144 valence electrons. The van der Waals surface area contributed by atoms with Crippen LogP contribution in [0.4, 0.5) is 4.39 Å². The summed E-state index contributed by atoms with van der Waals surface area (Å²) in [4.78, 5) is 23.8. The molecule has 10 heteroatoms. The first-order valence-corrected chi connectivity index (χ1v) is 9.32. The van der Waals surface area contributed by atoms with E-state index in [4.69, 9.17) is 4.74 Å². The van der Waals surface area contributed by atoms with Crippen molar-refractivity contribution in [3.8, 4) is 0 Å². The molecular weight excluding hydrogens is 367 g/mol. The number of ether oxygens (including phenoxy) is 2. The third kappa shape index (κ3) is 4.19. The molecule has 26 heavy (non-hydrogen) atoms. The molecule has 1 N–H and O–H groups in total. The Balaban J connectivity index is 2.32. The van der Waals surface area contributed by atoms with Crippen LogP contribution < -0.4 is 5.32 Å². The zero-order valence-electron chi connectivity index (χ0n) is 14.7. The van der Waals surface area contributed by atoms with E-state index < -0.39 is 38.8 Å². The number of amides is 1. The van der Waals surface area contributed by atoms with Crippen molar-refractivity contribution in [3.63, 3.8) is 0 Å². The number of esters is 1. The highest BCUT2D eigenvalue weighted by Gasteiger charge is 2.33. The first kappa shape index (κ1) is 20.3. The van der Waals surface area contributed by atoms with Crippen LogP contribution in [0, 0.1) is 5.82 Å². The molecule has 1 aromatic rings. The Hall–Kier alpha value is -2.04. The van der Waals surface area contributed by atoms with Crippen LogP contribution in [-0.4, -0.2) is 63.6 Å². The van der Waals surface area contributed by atoms with Gasteiger partial charge in [-0.3, -0.25) is 4.79 Å². The van der Waals surface area contributed by atoms with Crippen molar-refractivity contribution in [3.05, 3.63) is 29.6 Å². The van der Waals surface area contributed by atoms with Crippen LogP contribution in [0.5, 0.6) is 0 Å². The third-order valence-corrected chi connectivity index (χ3v) is 5.81. The number of carbonyl (C=O) groups is 2. The van der Waals surface area contributed by atoms with Crippen molar-refractivity contribution in [1.82, 2.24) is 9.62 Å². The highest BCUT2D eigenvalue weighted by atomic mass is 32.2. The number of hydrogen-bond acceptors (Lipinski definition) is 6. The molecule has 0 aliphatic carbocycles. The van der Waals surface area contributed by atoms with Crippen molar-refractivity contribution in [1.29, 1.82) is 0 Å². The lowest BCUT2D eigenvalue weighted by Gasteiger charge is -2.26. The summed E-state index contributed by atoms with van der Waals surface area (Å²) in [5.74, 6) is -2.54. The molecular formula is C16H21FN2O6S. The number of hydrogen-bond donors (Lipinski definition) is 1. The third-order valence-electron chi connectivity index (χ3n) is 3.91. The molecule has 0 unspecified atom stereocenters. The average Bonchev–Trinajstić information content (AvgIpc) is 2.61. The van der Waals surface area contributed by atoms with Gasteiger partial charge in [0.15, 0.2) is 0 Å². The standard InChI is InChI=1S/C16H21FN2O6S/c1-16(2,15(21)24-3)18-14(20)12-10-11(4-5-13(12)17)26(22,23)19-6-8-25-9-7-19/h4-5,10H,6-9H2,1-3H3,(H,18,20). The Labute approximate surface area is 151 Å². The molecule has 1 aliphatic heterocycles. The predicted molar refractivity (Wildman–Crippen MR) is 89.5 cm³/mol. The van der Waals surface area contributed by atoms with Gasteiger partial charge in [-0.15, -0.1) is 0 Å². The van der Waals surface area contributed by atoms with Gasteiger partial charge in [-0.25, -0.2) is 17.6 Å². The fourth-order valence-corrected chi connectivity index (χ4v) is 3.87. The summed E-state index contributed by atoms with van der Waals surface area (Å²) >= 11 is 0. The lowest BCUT2D eigenvalue weighted by Crippen LogP contribution is -2.50. The number of nitrogens with one attached hydrogen (secondary N) is 1. The zero-order valence-corrected chi connectivity index (χ0v) is 15.6. The highest BCUT2D eigenvalue weighted by molar-refractivity contribution is 7.89. The lowest BCUT2D eigenvalue weighted by molar-refractivity contribution is -0.146. The Morgan fingerprint density at radius 3 is 2.46 bits per heavy atom. The summed E-state index contributed by atoms with van der Waals surface area (Å²) in [5, 5.41) is 2.34. The monoisotopic (exact) mass is 388 g/mol. The number of carbonyl (C=O) groups excluding carboxylic acids is 2. The summed E-state index contributed by atoms with van der Waals surface area (Å²) in [6.45, 7) is 3.67. The minimum atomic E-state index is -3.88. The van der Waals surface area contributed by atoms with Gasteiger partial charge in [-0.1, -0.05) is 0 Å². The fraction of sp³-hybridized carbons (Fsp3) is 0.500. The summed E-state index contributed by atoms with van der Waals surface area (Å²) < 4.78 is 50.3. The van der Waals surface area contributed by atoms with Gasteiger partial charge in [0.1, 0.15) is 11.4 Å². The van der Waals surface area contributed by atoms with E-state index in [1.807, 2.05) is 0 Å². The summed E-state index contributed by atoms with van der Waals surface area (Å²) in [5.41, 5.74) is -1.88. The van der Waals surface area contributed by atoms with E-state index in [9.17, 15) is 22.4 Å². The van der Waals surface area contributed by atoms with Gasteiger partial charge in [0.05, 0.1) is 30.8 Å². The van der Waals surface area contributed by atoms with Crippen molar-refractivity contribution in [2.45, 2.75) is 24.3 Å². The van der Waals surface area contributed by atoms with Gasteiger partial charge in [0, 0.05) is 13.1 Å². The van der Waals surface area contributed by atoms with Crippen LogP contribution >= 0.6 is 0 Å². The maximum Gasteiger partial charge on any atom is 0.330 e. The number of methoxy groups -OCH3 is 1. The summed E-state index contributed by atoms with van der Waals surface area (Å²) in [6, 6.07) is 2.97. The molecule has 1 saturated heterocycles. The van der Waals surface area contributed by atoms with Crippen LogP contribution in [0.25, 0.3) is 0 Å². The van der Waals surface area contributed by atoms with Gasteiger partial charge in [0.25, 0.3) is 5.91 Å². The van der Waals surface area contributed by atoms with Gasteiger partial charge in [-0.05, 0) is 32.0 Å². The maximum atomic E-state index is 14.1. The van der Waals surface area contributed by atoms with Gasteiger partial charge < -0.3 is 14.8 Å². The van der Waals surface area contributed by atoms with Crippen LogP contribution in [-0.2, 0) is 24.3 Å². The van der Waals surface area contributed by atoms with Crippen molar-refractivity contribution >= 4 is 21.9 Å². The second-order valence-corrected chi connectivity index (χ2v) is 8.17. The minimum Gasteiger partial charge on any atom is -0.467 e. The summed E-state index contributed by atoms with van der Waals surface area (Å²) in [7, 11) is -2.73. The Morgan fingerprint density at radius 1 is 1.27 bits per heavy atom. The molecule has 0 atom stereocenters. The van der Waals surface area contributed by atoms with E-state index in [1.54, 1.807) is 0 Å². The number of nitrogens with zero attached hydrogens (tertiary/aromatic N) is 1. The highest BCUT2D eigenvalue weighted by Crippen LogP contribution is 2.21. The Bertz CT molecular complexity index is 803. The van der Waals surface area contributed by atoms with Crippen molar-refractivity contribution in [2.75, 3.05) is 33.4 Å². The second-order valence-electron chi connectivity index (χ2n) is 6.23. The molecule has 0 spiro atoms. The number of benzene rings is 1. The van der Waals surface area contributed by atoms with Gasteiger partial charge in [0.2, 0.25) is 10.0 Å². The second kappa shape index (κ2) is 7.68. The largest absolute Gasteiger partial charge is 0.467 e. The van der Waals surface area contributed by atoms with Crippen LogP contribution in [0.15, 0.2) is 23.1 Å². The summed E-state index contributed by atoms with van der Waals surface area (Å²) in [6.07, 6.45) is 0. The zero-order chi connectivity index (χ0) is 19.5. The molecule has 1 aromatic carbocycles. The molecule has 1 amide bonds. The average molecular weight is 388 g/mol. The predicted octanol–water partition coefficient (Wildman–Crippen LogP) is 0.528. The molecule has 0 radical (unpaired) electrons. The number of rotatable bonds is 5. The Kier molecular flexibility index (Phi) is 5.99. The number of sulfonamides is 1. The smallest absolute Gasteiger partial charge is 0.330 e. The van der Waals surface area contributed by atoms with Crippen molar-refractivity contribution < 1.29 is 31.9 Å². The van der Waals surface area contributed by atoms with Gasteiger partial charge in [-0.2, -0.15) is 4.31 Å². The van der Waals surface area contributed by atoms with E-state index in [0.717, 1.165) is 25.3 Å².